The van der Waals surface area contributed by atoms with Gasteiger partial charge in [0.2, 0.25) is 10.0 Å². The van der Waals surface area contributed by atoms with E-state index in [0.717, 1.165) is 10.4 Å². The third-order valence-corrected chi connectivity index (χ3v) is 5.44. The highest BCUT2D eigenvalue weighted by molar-refractivity contribution is 7.89. The molecule has 0 spiro atoms. The second-order valence-corrected chi connectivity index (χ2v) is 7.28. The van der Waals surface area contributed by atoms with E-state index in [9.17, 15) is 18.5 Å². The van der Waals surface area contributed by atoms with Gasteiger partial charge < -0.3 is 0 Å². The Labute approximate surface area is 130 Å². The van der Waals surface area contributed by atoms with Crippen LogP contribution >= 0.6 is 22.9 Å². The van der Waals surface area contributed by atoms with E-state index in [-0.39, 0.29) is 16.5 Å². The number of hydrogen-bond acceptors (Lipinski definition) is 6. The summed E-state index contributed by atoms with van der Waals surface area (Å²) in [5.74, 6) is 0. The topological polar surface area (TPSA) is 93.4 Å². The highest BCUT2D eigenvalue weighted by atomic mass is 35.5. The lowest BCUT2D eigenvalue weighted by atomic mass is 10.3. The Hall–Kier alpha value is -1.55. The number of sulfonamides is 1. The molecule has 0 unspecified atom stereocenters. The summed E-state index contributed by atoms with van der Waals surface area (Å²) in [6.45, 7) is 0.0856. The van der Waals surface area contributed by atoms with Crippen LogP contribution in [-0.2, 0) is 16.6 Å². The first-order valence-corrected chi connectivity index (χ1v) is 8.36. The number of aromatic nitrogens is 1. The summed E-state index contributed by atoms with van der Waals surface area (Å²) >= 11 is 7.03. The molecule has 21 heavy (non-hydrogen) atoms. The highest BCUT2D eigenvalue weighted by Gasteiger charge is 2.25. The Morgan fingerprint density at radius 3 is 2.76 bits per heavy atom. The number of nitrogens with zero attached hydrogens (tertiary/aromatic N) is 3. The summed E-state index contributed by atoms with van der Waals surface area (Å²) < 4.78 is 25.8. The minimum atomic E-state index is -3.85. The van der Waals surface area contributed by atoms with Gasteiger partial charge in [-0.15, -0.1) is 11.3 Å². The van der Waals surface area contributed by atoms with Crippen LogP contribution in [0.5, 0.6) is 0 Å². The predicted molar refractivity (Wildman–Crippen MR) is 78.9 cm³/mol. The molecule has 112 valence electrons. The molecular weight excluding hydrogens is 338 g/mol. The lowest BCUT2D eigenvalue weighted by Crippen LogP contribution is -2.26. The van der Waals surface area contributed by atoms with Crippen LogP contribution in [0.25, 0.3) is 0 Å². The molecule has 2 aromatic rings. The van der Waals surface area contributed by atoms with Gasteiger partial charge in [-0.05, 0) is 12.1 Å². The van der Waals surface area contributed by atoms with Crippen molar-refractivity contribution >= 4 is 38.6 Å². The second kappa shape index (κ2) is 6.06. The van der Waals surface area contributed by atoms with Crippen molar-refractivity contribution in [2.75, 3.05) is 7.05 Å². The molecule has 0 aliphatic rings. The van der Waals surface area contributed by atoms with E-state index >= 15 is 0 Å². The van der Waals surface area contributed by atoms with E-state index in [0.29, 0.717) is 5.69 Å². The Balaban J connectivity index is 2.35. The van der Waals surface area contributed by atoms with Crippen LogP contribution in [0, 0.1) is 10.1 Å². The predicted octanol–water partition coefficient (Wildman–Crippen LogP) is 2.53. The van der Waals surface area contributed by atoms with E-state index < -0.39 is 20.6 Å². The Morgan fingerprint density at radius 2 is 2.19 bits per heavy atom. The number of halogens is 1. The molecule has 0 atom stereocenters. The average molecular weight is 348 g/mol. The molecule has 1 heterocycles. The quantitative estimate of drug-likeness (QED) is 0.612. The highest BCUT2D eigenvalue weighted by Crippen LogP contribution is 2.28. The number of nitro benzene ring substituents is 1. The number of benzene rings is 1. The second-order valence-electron chi connectivity index (χ2n) is 4.11. The van der Waals surface area contributed by atoms with E-state index in [2.05, 4.69) is 4.98 Å². The third kappa shape index (κ3) is 3.38. The molecule has 0 amide bonds. The van der Waals surface area contributed by atoms with Crippen molar-refractivity contribution in [2.24, 2.45) is 0 Å². The molecule has 0 aliphatic carbocycles. The summed E-state index contributed by atoms with van der Waals surface area (Å²) in [6.07, 6.45) is 0. The zero-order chi connectivity index (χ0) is 15.6. The first-order chi connectivity index (χ1) is 9.82. The molecule has 1 aromatic carbocycles. The zero-order valence-corrected chi connectivity index (χ0v) is 13.2. The zero-order valence-electron chi connectivity index (χ0n) is 10.8. The molecule has 0 aliphatic heterocycles. The summed E-state index contributed by atoms with van der Waals surface area (Å²) in [4.78, 5) is 13.9. The molecule has 0 bridgehead atoms. The molecule has 0 fully saturated rings. The van der Waals surface area contributed by atoms with Gasteiger partial charge in [-0.3, -0.25) is 10.1 Å². The monoisotopic (exact) mass is 347 g/mol. The maximum atomic E-state index is 12.4. The molecule has 0 saturated heterocycles. The molecular formula is C11H10ClN3O4S2. The van der Waals surface area contributed by atoms with E-state index in [4.69, 9.17) is 11.6 Å². The minimum Gasteiger partial charge on any atom is -0.258 e. The summed E-state index contributed by atoms with van der Waals surface area (Å²) in [5.41, 5.74) is 1.76. The molecule has 10 heteroatoms. The fourth-order valence-electron chi connectivity index (χ4n) is 1.60. The van der Waals surface area contributed by atoms with Crippen LogP contribution in [-0.4, -0.2) is 29.7 Å². The first kappa shape index (κ1) is 15.8. The number of hydrogen-bond donors (Lipinski definition) is 0. The van der Waals surface area contributed by atoms with Gasteiger partial charge in [0, 0.05) is 18.5 Å². The Morgan fingerprint density at radius 1 is 1.48 bits per heavy atom. The van der Waals surface area contributed by atoms with Gasteiger partial charge in [0.25, 0.3) is 5.69 Å². The van der Waals surface area contributed by atoms with Gasteiger partial charge in [0.15, 0.2) is 0 Å². The lowest BCUT2D eigenvalue weighted by Gasteiger charge is -2.16. The van der Waals surface area contributed by atoms with Gasteiger partial charge in [-0.25, -0.2) is 13.4 Å². The van der Waals surface area contributed by atoms with Crippen molar-refractivity contribution in [1.82, 2.24) is 9.29 Å². The van der Waals surface area contributed by atoms with Crippen molar-refractivity contribution in [3.63, 3.8) is 0 Å². The van der Waals surface area contributed by atoms with E-state index in [1.165, 1.54) is 30.5 Å². The Kier molecular flexibility index (Phi) is 4.57. The molecule has 0 radical (unpaired) electrons. The average Bonchev–Trinajstić information content (AvgIpc) is 2.91. The maximum Gasteiger partial charge on any atom is 0.289 e. The smallest absolute Gasteiger partial charge is 0.258 e. The van der Waals surface area contributed by atoms with Gasteiger partial charge in [0.1, 0.15) is 5.02 Å². The molecule has 7 nitrogen and oxygen atoms in total. The number of rotatable bonds is 5. The van der Waals surface area contributed by atoms with Crippen molar-refractivity contribution < 1.29 is 13.3 Å². The normalized spacial score (nSPS) is 11.8. The molecule has 2 rings (SSSR count). The Bertz CT molecular complexity index is 762. The largest absolute Gasteiger partial charge is 0.289 e. The molecule has 0 saturated carbocycles. The maximum absolute atomic E-state index is 12.4. The van der Waals surface area contributed by atoms with Gasteiger partial charge >= 0.3 is 0 Å². The van der Waals surface area contributed by atoms with Crippen LogP contribution < -0.4 is 0 Å². The third-order valence-electron chi connectivity index (χ3n) is 2.69. The lowest BCUT2D eigenvalue weighted by molar-refractivity contribution is -0.384. The first-order valence-electron chi connectivity index (χ1n) is 5.59. The standard InChI is InChI=1S/C11H10ClN3O4S2/c1-14(5-8-6-20-7-13-8)21(18,19)9-2-3-10(12)11(4-9)15(16)17/h2-4,6-7H,5H2,1H3. The number of thiazole rings is 1. The van der Waals surface area contributed by atoms with Crippen molar-refractivity contribution in [3.8, 4) is 0 Å². The number of nitro groups is 1. The molecule has 0 N–H and O–H groups in total. The van der Waals surface area contributed by atoms with Crippen molar-refractivity contribution in [1.29, 1.82) is 0 Å². The fourth-order valence-corrected chi connectivity index (χ4v) is 3.50. The van der Waals surface area contributed by atoms with Gasteiger partial charge in [-0.2, -0.15) is 4.31 Å². The van der Waals surface area contributed by atoms with Crippen LogP contribution in [0.1, 0.15) is 5.69 Å². The molecule has 1 aromatic heterocycles. The summed E-state index contributed by atoms with van der Waals surface area (Å²) in [5, 5.41) is 12.5. The van der Waals surface area contributed by atoms with Crippen LogP contribution in [0.2, 0.25) is 5.02 Å². The van der Waals surface area contributed by atoms with Crippen molar-refractivity contribution in [2.45, 2.75) is 11.4 Å². The summed E-state index contributed by atoms with van der Waals surface area (Å²) in [7, 11) is -2.47. The SMILES string of the molecule is CN(Cc1cscn1)S(=O)(=O)c1ccc(Cl)c([N+](=O)[O-])c1. The van der Waals surface area contributed by atoms with Gasteiger partial charge in [-0.1, -0.05) is 11.6 Å². The van der Waals surface area contributed by atoms with Gasteiger partial charge in [0.05, 0.1) is 27.6 Å². The van der Waals surface area contributed by atoms with Crippen LogP contribution in [0.15, 0.2) is 34.0 Å². The van der Waals surface area contributed by atoms with E-state index in [1.54, 1.807) is 10.9 Å². The van der Waals surface area contributed by atoms with Crippen LogP contribution in [0.4, 0.5) is 5.69 Å². The van der Waals surface area contributed by atoms with Crippen LogP contribution in [0.3, 0.4) is 0 Å². The fraction of sp³-hybridized carbons (Fsp3) is 0.182. The minimum absolute atomic E-state index is 0.0856. The van der Waals surface area contributed by atoms with Crippen molar-refractivity contribution in [3.05, 3.63) is 49.9 Å². The summed E-state index contributed by atoms with van der Waals surface area (Å²) in [6, 6.07) is 3.39. The van der Waals surface area contributed by atoms with E-state index in [1.807, 2.05) is 0 Å².